The molecule has 4 nitrogen and oxygen atoms in total. The standard InChI is InChI=1S/C14H18BrFN2O2/c15-12-10(8-17)2-3-11(13(12)16)18-5-1-4-14(9-18)19-6-7-20-14/h2-3H,1,4-9,17H2. The molecule has 2 aliphatic rings. The van der Waals surface area contributed by atoms with Gasteiger partial charge < -0.3 is 20.1 Å². The van der Waals surface area contributed by atoms with Gasteiger partial charge in [0.15, 0.2) is 11.6 Å². The summed E-state index contributed by atoms with van der Waals surface area (Å²) in [5.41, 5.74) is 6.94. The maximum absolute atomic E-state index is 14.5. The van der Waals surface area contributed by atoms with Gasteiger partial charge in [-0.1, -0.05) is 6.07 Å². The summed E-state index contributed by atoms with van der Waals surface area (Å²) in [5, 5.41) is 0. The predicted molar refractivity (Wildman–Crippen MR) is 78.1 cm³/mol. The van der Waals surface area contributed by atoms with Crippen LogP contribution >= 0.6 is 15.9 Å². The molecule has 0 unspecified atom stereocenters. The summed E-state index contributed by atoms with van der Waals surface area (Å²) in [7, 11) is 0. The summed E-state index contributed by atoms with van der Waals surface area (Å²) < 4.78 is 26.4. The van der Waals surface area contributed by atoms with Crippen LogP contribution < -0.4 is 10.6 Å². The van der Waals surface area contributed by atoms with Crippen LogP contribution in [0.4, 0.5) is 10.1 Å². The molecule has 2 heterocycles. The first-order chi connectivity index (χ1) is 9.65. The molecule has 2 N–H and O–H groups in total. The third-order valence-electron chi connectivity index (χ3n) is 3.93. The summed E-state index contributed by atoms with van der Waals surface area (Å²) in [6, 6.07) is 3.65. The average molecular weight is 345 g/mol. The Morgan fingerprint density at radius 2 is 2.10 bits per heavy atom. The van der Waals surface area contributed by atoms with Crippen LogP contribution in [0.5, 0.6) is 0 Å². The zero-order valence-corrected chi connectivity index (χ0v) is 12.8. The molecule has 0 amide bonds. The number of rotatable bonds is 2. The van der Waals surface area contributed by atoms with Crippen molar-refractivity contribution in [2.45, 2.75) is 25.2 Å². The zero-order valence-electron chi connectivity index (χ0n) is 11.2. The maximum atomic E-state index is 14.5. The summed E-state index contributed by atoms with van der Waals surface area (Å²) in [6.45, 7) is 2.92. The molecular formula is C14H18BrFN2O2. The van der Waals surface area contributed by atoms with E-state index in [1.165, 1.54) is 0 Å². The minimum Gasteiger partial charge on any atom is -0.364 e. The fraction of sp³-hybridized carbons (Fsp3) is 0.571. The van der Waals surface area contributed by atoms with E-state index in [1.807, 2.05) is 11.0 Å². The number of hydrogen-bond donors (Lipinski definition) is 1. The van der Waals surface area contributed by atoms with Crippen LogP contribution in [0.3, 0.4) is 0 Å². The minimum absolute atomic E-state index is 0.261. The fourth-order valence-electron chi connectivity index (χ4n) is 2.91. The van der Waals surface area contributed by atoms with Crippen molar-refractivity contribution in [1.82, 2.24) is 0 Å². The highest BCUT2D eigenvalue weighted by molar-refractivity contribution is 9.10. The zero-order chi connectivity index (χ0) is 14.2. The molecule has 20 heavy (non-hydrogen) atoms. The fourth-order valence-corrected chi connectivity index (χ4v) is 3.40. The Morgan fingerprint density at radius 1 is 1.35 bits per heavy atom. The normalized spacial score (nSPS) is 21.6. The van der Waals surface area contributed by atoms with Crippen LogP contribution in [0.15, 0.2) is 16.6 Å². The lowest BCUT2D eigenvalue weighted by Gasteiger charge is -2.40. The van der Waals surface area contributed by atoms with Crippen molar-refractivity contribution in [2.75, 3.05) is 31.2 Å². The highest BCUT2D eigenvalue weighted by Crippen LogP contribution is 2.35. The molecule has 3 rings (SSSR count). The van der Waals surface area contributed by atoms with Crippen molar-refractivity contribution >= 4 is 21.6 Å². The van der Waals surface area contributed by atoms with E-state index in [-0.39, 0.29) is 5.82 Å². The van der Waals surface area contributed by atoms with Crippen molar-refractivity contribution < 1.29 is 13.9 Å². The second kappa shape index (κ2) is 5.60. The van der Waals surface area contributed by atoms with Crippen molar-refractivity contribution in [2.24, 2.45) is 5.73 Å². The van der Waals surface area contributed by atoms with E-state index in [9.17, 15) is 4.39 Å². The van der Waals surface area contributed by atoms with E-state index in [0.717, 1.165) is 24.9 Å². The highest BCUT2D eigenvalue weighted by Gasteiger charge is 2.41. The maximum Gasteiger partial charge on any atom is 0.186 e. The van der Waals surface area contributed by atoms with Gasteiger partial charge in [0, 0.05) is 19.5 Å². The van der Waals surface area contributed by atoms with Crippen molar-refractivity contribution in [3.63, 3.8) is 0 Å². The van der Waals surface area contributed by atoms with Crippen LogP contribution in [0.25, 0.3) is 0 Å². The molecule has 1 spiro atoms. The van der Waals surface area contributed by atoms with Gasteiger partial charge in [-0.2, -0.15) is 0 Å². The third kappa shape index (κ3) is 2.45. The van der Waals surface area contributed by atoms with Crippen molar-refractivity contribution in [3.05, 3.63) is 28.0 Å². The molecule has 0 radical (unpaired) electrons. The van der Waals surface area contributed by atoms with E-state index in [4.69, 9.17) is 15.2 Å². The lowest BCUT2D eigenvalue weighted by atomic mass is 10.0. The molecule has 0 atom stereocenters. The van der Waals surface area contributed by atoms with Gasteiger partial charge in [-0.05, 0) is 34.0 Å². The van der Waals surface area contributed by atoms with Crippen LogP contribution in [0.1, 0.15) is 18.4 Å². The topological polar surface area (TPSA) is 47.7 Å². The SMILES string of the molecule is NCc1ccc(N2CCCC3(C2)OCCO3)c(F)c1Br. The van der Waals surface area contributed by atoms with Gasteiger partial charge >= 0.3 is 0 Å². The van der Waals surface area contributed by atoms with Crippen LogP contribution in [-0.4, -0.2) is 32.1 Å². The monoisotopic (exact) mass is 344 g/mol. The van der Waals surface area contributed by atoms with E-state index in [2.05, 4.69) is 15.9 Å². The largest absolute Gasteiger partial charge is 0.364 e. The van der Waals surface area contributed by atoms with E-state index in [0.29, 0.717) is 36.5 Å². The summed E-state index contributed by atoms with van der Waals surface area (Å²) in [4.78, 5) is 2.00. The number of nitrogens with two attached hydrogens (primary N) is 1. The van der Waals surface area contributed by atoms with Gasteiger partial charge in [-0.15, -0.1) is 0 Å². The van der Waals surface area contributed by atoms with Gasteiger partial charge in [0.25, 0.3) is 0 Å². The summed E-state index contributed by atoms with van der Waals surface area (Å²) in [5.74, 6) is -0.813. The number of ether oxygens (including phenoxy) is 2. The van der Waals surface area contributed by atoms with Crippen LogP contribution in [0, 0.1) is 5.82 Å². The Balaban J connectivity index is 1.87. The van der Waals surface area contributed by atoms with Gasteiger partial charge in [0.05, 0.1) is 29.9 Å². The second-order valence-corrected chi connectivity index (χ2v) is 6.00. The Kier molecular flexibility index (Phi) is 3.99. The highest BCUT2D eigenvalue weighted by atomic mass is 79.9. The van der Waals surface area contributed by atoms with E-state index >= 15 is 0 Å². The molecule has 2 fully saturated rings. The summed E-state index contributed by atoms with van der Waals surface area (Å²) >= 11 is 3.29. The average Bonchev–Trinajstić information content (AvgIpc) is 2.89. The number of hydrogen-bond acceptors (Lipinski definition) is 4. The Labute approximate surface area is 126 Å². The van der Waals surface area contributed by atoms with Crippen molar-refractivity contribution in [1.29, 1.82) is 0 Å². The lowest BCUT2D eigenvalue weighted by Crippen LogP contribution is -2.49. The Hall–Kier alpha value is -0.690. The smallest absolute Gasteiger partial charge is 0.186 e. The molecular weight excluding hydrogens is 327 g/mol. The Bertz CT molecular complexity index is 506. The first-order valence-electron chi connectivity index (χ1n) is 6.85. The predicted octanol–water partition coefficient (Wildman–Crippen LogP) is 2.39. The molecule has 2 saturated heterocycles. The first-order valence-corrected chi connectivity index (χ1v) is 7.64. The number of nitrogens with zero attached hydrogens (tertiary/aromatic N) is 1. The molecule has 0 bridgehead atoms. The molecule has 0 saturated carbocycles. The van der Waals surface area contributed by atoms with Gasteiger partial charge in [-0.25, -0.2) is 4.39 Å². The molecule has 110 valence electrons. The minimum atomic E-state index is -0.552. The molecule has 6 heteroatoms. The van der Waals surface area contributed by atoms with E-state index < -0.39 is 5.79 Å². The first kappa shape index (κ1) is 14.3. The Morgan fingerprint density at radius 3 is 2.80 bits per heavy atom. The number of benzene rings is 1. The van der Waals surface area contributed by atoms with Gasteiger partial charge in [0.1, 0.15) is 0 Å². The quantitative estimate of drug-likeness (QED) is 0.894. The van der Waals surface area contributed by atoms with Gasteiger partial charge in [-0.3, -0.25) is 0 Å². The van der Waals surface area contributed by atoms with Crippen molar-refractivity contribution in [3.8, 4) is 0 Å². The molecule has 1 aromatic carbocycles. The molecule has 1 aromatic rings. The summed E-state index contributed by atoms with van der Waals surface area (Å²) in [6.07, 6.45) is 1.79. The molecule has 2 aliphatic heterocycles. The van der Waals surface area contributed by atoms with Gasteiger partial charge in [0.2, 0.25) is 0 Å². The van der Waals surface area contributed by atoms with Crippen LogP contribution in [0.2, 0.25) is 0 Å². The second-order valence-electron chi connectivity index (χ2n) is 5.21. The number of halogens is 2. The molecule has 0 aromatic heterocycles. The number of anilines is 1. The number of piperidine rings is 1. The molecule has 0 aliphatic carbocycles. The van der Waals surface area contributed by atoms with E-state index in [1.54, 1.807) is 6.07 Å². The lowest BCUT2D eigenvalue weighted by molar-refractivity contribution is -0.161. The van der Waals surface area contributed by atoms with Crippen LogP contribution in [-0.2, 0) is 16.0 Å². The third-order valence-corrected chi connectivity index (χ3v) is 4.79.